The summed E-state index contributed by atoms with van der Waals surface area (Å²) in [6, 6.07) is 14.9. The van der Waals surface area contributed by atoms with Gasteiger partial charge in [0.2, 0.25) is 4.96 Å². The lowest BCUT2D eigenvalue weighted by Gasteiger charge is -2.24. The molecule has 0 spiro atoms. The van der Waals surface area contributed by atoms with Crippen LogP contribution in [0.25, 0.3) is 10.5 Å². The second-order valence-corrected chi connectivity index (χ2v) is 8.18. The molecule has 2 aromatic heterocycles. The molecule has 0 bridgehead atoms. The fourth-order valence-electron chi connectivity index (χ4n) is 4.00. The monoisotopic (exact) mass is 432 g/mol. The summed E-state index contributed by atoms with van der Waals surface area (Å²) < 4.78 is 13.3. The minimum atomic E-state index is -0.512. The molecule has 4 heterocycles. The molecule has 0 fully saturated rings. The van der Waals surface area contributed by atoms with Gasteiger partial charge in [0.1, 0.15) is 11.1 Å². The average Bonchev–Trinajstić information content (AvgIpc) is 3.43. The Labute approximate surface area is 180 Å². The van der Waals surface area contributed by atoms with Crippen LogP contribution in [0.4, 0.5) is 5.69 Å². The number of thiazole rings is 1. The van der Waals surface area contributed by atoms with Crippen molar-refractivity contribution in [2.45, 2.75) is 13.0 Å². The molecule has 2 aliphatic heterocycles. The van der Waals surface area contributed by atoms with Gasteiger partial charge < -0.3 is 14.4 Å². The van der Waals surface area contributed by atoms with Crippen LogP contribution in [0.3, 0.4) is 0 Å². The van der Waals surface area contributed by atoms with Crippen LogP contribution < -0.4 is 24.5 Å². The summed E-state index contributed by atoms with van der Waals surface area (Å²) in [5.41, 5.74) is 1.63. The van der Waals surface area contributed by atoms with Gasteiger partial charge in [-0.2, -0.15) is 9.50 Å². The maximum absolute atomic E-state index is 13.2. The number of hydrogen-bond acceptors (Lipinski definition) is 7. The predicted octanol–water partition coefficient (Wildman–Crippen LogP) is 1.95. The molecule has 154 valence electrons. The highest BCUT2D eigenvalue weighted by molar-refractivity contribution is 7.15. The van der Waals surface area contributed by atoms with Gasteiger partial charge in [-0.3, -0.25) is 9.59 Å². The summed E-state index contributed by atoms with van der Waals surface area (Å²) in [4.78, 5) is 32.8. The zero-order chi connectivity index (χ0) is 21.1. The number of aromatic nitrogens is 3. The number of rotatable bonds is 2. The number of hydrogen-bond donors (Lipinski definition) is 0. The molecule has 9 heteroatoms. The van der Waals surface area contributed by atoms with Gasteiger partial charge in [-0.05, 0) is 25.1 Å². The van der Waals surface area contributed by atoms with E-state index >= 15 is 0 Å². The summed E-state index contributed by atoms with van der Waals surface area (Å²) in [7, 11) is 0. The Kier molecular flexibility index (Phi) is 3.87. The molecule has 0 saturated heterocycles. The largest absolute Gasteiger partial charge is 0.485 e. The van der Waals surface area contributed by atoms with E-state index in [0.717, 1.165) is 11.3 Å². The van der Waals surface area contributed by atoms with E-state index in [4.69, 9.17) is 9.47 Å². The van der Waals surface area contributed by atoms with E-state index in [1.165, 1.54) is 15.9 Å². The number of benzene rings is 2. The zero-order valence-electron chi connectivity index (χ0n) is 16.4. The van der Waals surface area contributed by atoms with Gasteiger partial charge in [0.15, 0.2) is 23.4 Å². The van der Waals surface area contributed by atoms with E-state index in [1.807, 2.05) is 55.5 Å². The van der Waals surface area contributed by atoms with Crippen LogP contribution in [0.2, 0.25) is 0 Å². The van der Waals surface area contributed by atoms with E-state index < -0.39 is 6.10 Å². The van der Waals surface area contributed by atoms with Crippen molar-refractivity contribution in [1.29, 1.82) is 0 Å². The fraction of sp³-hybridized carbons (Fsp3) is 0.182. The molecular formula is C22H16N4O4S. The van der Waals surface area contributed by atoms with Crippen LogP contribution in [-0.4, -0.2) is 33.7 Å². The zero-order valence-corrected chi connectivity index (χ0v) is 17.3. The van der Waals surface area contributed by atoms with Gasteiger partial charge in [0.05, 0.1) is 11.3 Å². The Morgan fingerprint density at radius 3 is 2.68 bits per heavy atom. The van der Waals surface area contributed by atoms with Gasteiger partial charge in [-0.25, -0.2) is 0 Å². The third-order valence-corrected chi connectivity index (χ3v) is 6.47. The minimum Gasteiger partial charge on any atom is -0.485 e. The lowest BCUT2D eigenvalue weighted by atomic mass is 10.1. The Bertz CT molecular complexity index is 1470. The Morgan fingerprint density at radius 2 is 1.87 bits per heavy atom. The standard InChI is InChI=1S/C22H16N4O4S/c1-2-25-13-8-4-3-7-12(13)17(20(25)27)18-21(28)26-22(31-18)23-19(24-26)16-11-29-14-9-5-6-10-15(14)30-16/h3-10,16H,2,11H2,1H3/b18-17-/t16-/m0/s1. The highest BCUT2D eigenvalue weighted by Crippen LogP contribution is 2.36. The average molecular weight is 432 g/mol. The van der Waals surface area contributed by atoms with Crippen LogP contribution in [0, 0.1) is 0 Å². The summed E-state index contributed by atoms with van der Waals surface area (Å²) in [6.07, 6.45) is -0.512. The van der Waals surface area contributed by atoms with Crippen LogP contribution in [0.5, 0.6) is 11.5 Å². The summed E-state index contributed by atoms with van der Waals surface area (Å²) in [5.74, 6) is 1.49. The Morgan fingerprint density at radius 1 is 1.10 bits per heavy atom. The van der Waals surface area contributed by atoms with Gasteiger partial charge in [0.25, 0.3) is 11.5 Å². The van der Waals surface area contributed by atoms with Crippen LogP contribution in [0.15, 0.2) is 53.3 Å². The van der Waals surface area contributed by atoms with E-state index in [0.29, 0.717) is 38.9 Å². The van der Waals surface area contributed by atoms with Crippen molar-refractivity contribution in [2.75, 3.05) is 18.1 Å². The van der Waals surface area contributed by atoms with E-state index in [2.05, 4.69) is 10.1 Å². The normalized spacial score (nSPS) is 19.2. The van der Waals surface area contributed by atoms with Crippen LogP contribution >= 0.6 is 11.3 Å². The second-order valence-electron chi connectivity index (χ2n) is 7.21. The molecule has 1 atom stereocenters. The van der Waals surface area contributed by atoms with E-state index in [1.54, 1.807) is 4.90 Å². The van der Waals surface area contributed by atoms with Crippen molar-refractivity contribution >= 4 is 33.5 Å². The highest BCUT2D eigenvalue weighted by atomic mass is 32.1. The van der Waals surface area contributed by atoms with Crippen LogP contribution in [-0.2, 0) is 4.79 Å². The van der Waals surface area contributed by atoms with Gasteiger partial charge >= 0.3 is 0 Å². The van der Waals surface area contributed by atoms with Crippen molar-refractivity contribution in [3.8, 4) is 11.5 Å². The number of likely N-dealkylation sites (N-methyl/N-ethyl adjacent to an activating group) is 1. The van der Waals surface area contributed by atoms with E-state index in [-0.39, 0.29) is 18.1 Å². The first-order valence-electron chi connectivity index (χ1n) is 9.89. The molecular weight excluding hydrogens is 416 g/mol. The third kappa shape index (κ3) is 2.59. The summed E-state index contributed by atoms with van der Waals surface area (Å²) in [6.45, 7) is 2.69. The maximum atomic E-state index is 13.2. The molecule has 0 aliphatic carbocycles. The Balaban J connectivity index is 1.46. The molecule has 0 N–H and O–H groups in total. The quantitative estimate of drug-likeness (QED) is 0.481. The molecule has 0 saturated carbocycles. The molecule has 4 aromatic rings. The summed E-state index contributed by atoms with van der Waals surface area (Å²) in [5, 5.41) is 4.38. The van der Waals surface area contributed by atoms with E-state index in [9.17, 15) is 9.59 Å². The van der Waals surface area contributed by atoms with Gasteiger partial charge in [-0.1, -0.05) is 41.7 Å². The smallest absolute Gasteiger partial charge is 0.291 e. The predicted molar refractivity (Wildman–Crippen MR) is 115 cm³/mol. The van der Waals surface area contributed by atoms with Gasteiger partial charge in [0, 0.05) is 12.1 Å². The van der Waals surface area contributed by atoms with Crippen LogP contribution in [0.1, 0.15) is 24.4 Å². The first kappa shape index (κ1) is 18.1. The third-order valence-electron chi connectivity index (χ3n) is 5.44. The van der Waals surface area contributed by atoms with Crippen molar-refractivity contribution in [1.82, 2.24) is 14.6 Å². The molecule has 0 radical (unpaired) electrons. The molecule has 0 unspecified atom stereocenters. The minimum absolute atomic E-state index is 0.175. The maximum Gasteiger partial charge on any atom is 0.291 e. The lowest BCUT2D eigenvalue weighted by molar-refractivity contribution is -0.113. The number of carbonyl (C=O) groups excluding carboxylic acids is 1. The lowest BCUT2D eigenvalue weighted by Crippen LogP contribution is -2.32. The second kappa shape index (κ2) is 6.64. The number of fused-ring (bicyclic) bond motifs is 3. The SMILES string of the molecule is CCN1C(=O)/C(=c2\sc3nc([C@@H]4COc5ccccc5O4)nn3c2=O)c2ccccc21. The molecule has 2 aliphatic rings. The number of carbonyl (C=O) groups is 1. The highest BCUT2D eigenvalue weighted by Gasteiger charge is 2.34. The number of amides is 1. The summed E-state index contributed by atoms with van der Waals surface area (Å²) >= 11 is 1.17. The topological polar surface area (TPSA) is 86.0 Å². The van der Waals surface area contributed by atoms with Crippen molar-refractivity contribution in [2.24, 2.45) is 0 Å². The van der Waals surface area contributed by atoms with Crippen molar-refractivity contribution in [3.05, 3.63) is 74.8 Å². The Hall–Kier alpha value is -3.72. The molecule has 31 heavy (non-hydrogen) atoms. The molecule has 8 nitrogen and oxygen atoms in total. The molecule has 6 rings (SSSR count). The number of anilines is 1. The fourth-order valence-corrected chi connectivity index (χ4v) is 5.00. The van der Waals surface area contributed by atoms with Crippen molar-refractivity contribution in [3.63, 3.8) is 0 Å². The first-order chi connectivity index (χ1) is 15.2. The number of ether oxygens (including phenoxy) is 2. The van der Waals surface area contributed by atoms with Crippen molar-refractivity contribution < 1.29 is 14.3 Å². The first-order valence-corrected chi connectivity index (χ1v) is 10.7. The van der Waals surface area contributed by atoms with Gasteiger partial charge in [-0.15, -0.1) is 5.10 Å². The number of nitrogens with zero attached hydrogens (tertiary/aromatic N) is 4. The molecule has 1 amide bonds. The molecule has 2 aromatic carbocycles. The number of para-hydroxylation sites is 3.